The zero-order chi connectivity index (χ0) is 15.4. The van der Waals surface area contributed by atoms with Crippen molar-refractivity contribution < 1.29 is 4.39 Å². The Hall–Kier alpha value is -2.05. The largest absolute Gasteiger partial charge is 0.258 e. The number of benzene rings is 1. The Morgan fingerprint density at radius 2 is 2.09 bits per heavy atom. The predicted octanol–water partition coefficient (Wildman–Crippen LogP) is 4.22. The molecule has 3 nitrogen and oxygen atoms in total. The summed E-state index contributed by atoms with van der Waals surface area (Å²) < 4.78 is 15.8. The minimum absolute atomic E-state index is 0.261. The van der Waals surface area contributed by atoms with Crippen molar-refractivity contribution in [2.75, 3.05) is 6.54 Å². The number of thiophene rings is 1. The quantitative estimate of drug-likeness (QED) is 0.641. The van der Waals surface area contributed by atoms with E-state index in [0.29, 0.717) is 17.8 Å². The fourth-order valence-electron chi connectivity index (χ4n) is 1.98. The van der Waals surface area contributed by atoms with E-state index in [4.69, 9.17) is 0 Å². The van der Waals surface area contributed by atoms with E-state index < -0.39 is 0 Å². The second-order valence-electron chi connectivity index (χ2n) is 4.47. The van der Waals surface area contributed by atoms with Gasteiger partial charge < -0.3 is 0 Å². The number of hydrogen-bond acceptors (Lipinski definition) is 4. The van der Waals surface area contributed by atoms with E-state index in [9.17, 15) is 4.39 Å². The van der Waals surface area contributed by atoms with Crippen LogP contribution in [0.1, 0.15) is 12.5 Å². The highest BCUT2D eigenvalue weighted by Gasteiger charge is 2.11. The molecule has 0 saturated heterocycles. The molecule has 0 aliphatic heterocycles. The molecule has 0 atom stereocenters. The van der Waals surface area contributed by atoms with Gasteiger partial charge in [0.15, 0.2) is 0 Å². The zero-order valence-corrected chi connectivity index (χ0v) is 13.6. The number of rotatable bonds is 4. The molecule has 0 saturated carbocycles. The molecule has 0 amide bonds. The van der Waals surface area contributed by atoms with Gasteiger partial charge in [-0.15, -0.1) is 11.3 Å². The van der Waals surface area contributed by atoms with E-state index in [1.54, 1.807) is 34.4 Å². The van der Waals surface area contributed by atoms with Gasteiger partial charge in [0, 0.05) is 23.1 Å². The Balaban J connectivity index is 2.12. The summed E-state index contributed by atoms with van der Waals surface area (Å²) in [4.78, 5) is 5.19. The summed E-state index contributed by atoms with van der Waals surface area (Å²) in [6.45, 7) is 2.63. The summed E-state index contributed by atoms with van der Waals surface area (Å²) in [5, 5.41) is 10.4. The molecule has 0 unspecified atom stereocenters. The van der Waals surface area contributed by atoms with Crippen molar-refractivity contribution in [1.82, 2.24) is 4.68 Å². The monoisotopic (exact) mass is 331 g/mol. The summed E-state index contributed by atoms with van der Waals surface area (Å²) in [5.74, 6) is -0.261. The number of halogens is 1. The van der Waals surface area contributed by atoms with Crippen LogP contribution >= 0.6 is 22.7 Å². The van der Waals surface area contributed by atoms with Gasteiger partial charge >= 0.3 is 0 Å². The van der Waals surface area contributed by atoms with Crippen LogP contribution in [0.2, 0.25) is 0 Å². The standard InChI is InChI=1S/C16H14FN3S2/c1-2-18-16-20(19-9-12-7-8-21-10-12)15(11-22-16)13-5-3-4-6-14(13)17/h3-11H,2H2,1H3. The van der Waals surface area contributed by atoms with Crippen LogP contribution in [0.5, 0.6) is 0 Å². The lowest BCUT2D eigenvalue weighted by molar-refractivity contribution is 0.629. The summed E-state index contributed by atoms with van der Waals surface area (Å²) in [7, 11) is 0. The Labute approximate surface area is 135 Å². The van der Waals surface area contributed by atoms with Gasteiger partial charge in [-0.05, 0) is 35.9 Å². The normalized spacial score (nSPS) is 12.4. The van der Waals surface area contributed by atoms with E-state index in [1.807, 2.05) is 35.2 Å². The Morgan fingerprint density at radius 1 is 1.23 bits per heavy atom. The summed E-state index contributed by atoms with van der Waals surface area (Å²) >= 11 is 3.07. The molecule has 6 heteroatoms. The first-order valence-corrected chi connectivity index (χ1v) is 8.64. The topological polar surface area (TPSA) is 29.6 Å². The zero-order valence-electron chi connectivity index (χ0n) is 11.9. The van der Waals surface area contributed by atoms with Gasteiger partial charge in [-0.3, -0.25) is 4.99 Å². The highest BCUT2D eigenvalue weighted by molar-refractivity contribution is 7.08. The molecule has 0 N–H and O–H groups in total. The van der Waals surface area contributed by atoms with Crippen molar-refractivity contribution in [1.29, 1.82) is 0 Å². The molecule has 112 valence electrons. The first-order valence-electron chi connectivity index (χ1n) is 6.82. The predicted molar refractivity (Wildman–Crippen MR) is 91.1 cm³/mol. The average Bonchev–Trinajstić information content (AvgIpc) is 3.16. The van der Waals surface area contributed by atoms with Crippen LogP contribution in [0.25, 0.3) is 11.3 Å². The van der Waals surface area contributed by atoms with Crippen molar-refractivity contribution in [2.24, 2.45) is 10.1 Å². The first-order chi connectivity index (χ1) is 10.8. The van der Waals surface area contributed by atoms with Crippen LogP contribution in [0, 0.1) is 5.82 Å². The fourth-order valence-corrected chi connectivity index (χ4v) is 3.49. The third kappa shape index (κ3) is 3.08. The van der Waals surface area contributed by atoms with Gasteiger partial charge in [0.05, 0.1) is 11.9 Å². The molecule has 3 aromatic rings. The number of nitrogens with zero attached hydrogens (tertiary/aromatic N) is 3. The molecule has 0 aliphatic rings. The smallest absolute Gasteiger partial charge is 0.206 e. The Bertz CT molecular complexity index is 844. The molecular formula is C16H14FN3S2. The van der Waals surface area contributed by atoms with Gasteiger partial charge in [-0.2, -0.15) is 16.4 Å². The van der Waals surface area contributed by atoms with Crippen LogP contribution in [-0.4, -0.2) is 17.4 Å². The number of hydrogen-bond donors (Lipinski definition) is 0. The van der Waals surface area contributed by atoms with Crippen LogP contribution in [-0.2, 0) is 0 Å². The van der Waals surface area contributed by atoms with Crippen LogP contribution < -0.4 is 4.80 Å². The molecule has 2 heterocycles. The second-order valence-corrected chi connectivity index (χ2v) is 6.09. The van der Waals surface area contributed by atoms with E-state index >= 15 is 0 Å². The number of aromatic nitrogens is 1. The maximum atomic E-state index is 14.1. The minimum Gasteiger partial charge on any atom is -0.258 e. The van der Waals surface area contributed by atoms with Gasteiger partial charge in [0.1, 0.15) is 5.82 Å². The molecule has 22 heavy (non-hydrogen) atoms. The summed E-state index contributed by atoms with van der Waals surface area (Å²) in [6.07, 6.45) is 1.77. The van der Waals surface area contributed by atoms with Crippen LogP contribution in [0.15, 0.2) is 56.6 Å². The van der Waals surface area contributed by atoms with Crippen molar-refractivity contribution in [3.05, 3.63) is 62.7 Å². The van der Waals surface area contributed by atoms with Gasteiger partial charge in [-0.25, -0.2) is 9.07 Å². The van der Waals surface area contributed by atoms with Crippen molar-refractivity contribution in [3.63, 3.8) is 0 Å². The summed E-state index contributed by atoms with van der Waals surface area (Å²) in [6, 6.07) is 8.70. The van der Waals surface area contributed by atoms with E-state index in [2.05, 4.69) is 10.1 Å². The first kappa shape index (κ1) is 14.9. The van der Waals surface area contributed by atoms with Gasteiger partial charge in [-0.1, -0.05) is 12.1 Å². The highest BCUT2D eigenvalue weighted by atomic mass is 32.1. The molecule has 0 radical (unpaired) electrons. The average molecular weight is 331 g/mol. The SMILES string of the molecule is CCN=c1scc(-c2ccccc2F)n1N=Cc1ccsc1. The van der Waals surface area contributed by atoms with Crippen molar-refractivity contribution in [3.8, 4) is 11.3 Å². The van der Waals surface area contributed by atoms with E-state index in [1.165, 1.54) is 17.4 Å². The maximum absolute atomic E-state index is 14.1. The minimum atomic E-state index is -0.261. The third-order valence-corrected chi connectivity index (χ3v) is 4.55. The van der Waals surface area contributed by atoms with E-state index in [-0.39, 0.29) is 5.82 Å². The summed E-state index contributed by atoms with van der Waals surface area (Å²) in [5.41, 5.74) is 2.26. The highest BCUT2D eigenvalue weighted by Crippen LogP contribution is 2.23. The Morgan fingerprint density at radius 3 is 2.82 bits per heavy atom. The third-order valence-electron chi connectivity index (χ3n) is 2.99. The Kier molecular flexibility index (Phi) is 4.60. The molecule has 1 aromatic carbocycles. The lowest BCUT2D eigenvalue weighted by atomic mass is 10.1. The van der Waals surface area contributed by atoms with Crippen molar-refractivity contribution in [2.45, 2.75) is 6.92 Å². The number of thiazole rings is 1. The van der Waals surface area contributed by atoms with E-state index in [0.717, 1.165) is 10.4 Å². The molecule has 0 fully saturated rings. The molecular weight excluding hydrogens is 317 g/mol. The van der Waals surface area contributed by atoms with Crippen molar-refractivity contribution >= 4 is 28.9 Å². The van der Waals surface area contributed by atoms with Gasteiger partial charge in [0.2, 0.25) is 4.80 Å². The van der Waals surface area contributed by atoms with Gasteiger partial charge in [0.25, 0.3) is 0 Å². The molecule has 0 aliphatic carbocycles. The lowest BCUT2D eigenvalue weighted by Gasteiger charge is -2.04. The molecule has 2 aromatic heterocycles. The molecule has 3 rings (SSSR count). The molecule has 0 spiro atoms. The van der Waals surface area contributed by atoms with Crippen LogP contribution in [0.3, 0.4) is 0 Å². The second kappa shape index (κ2) is 6.81. The fraction of sp³-hybridized carbons (Fsp3) is 0.125. The van der Waals surface area contributed by atoms with Crippen LogP contribution in [0.4, 0.5) is 4.39 Å². The molecule has 0 bridgehead atoms. The lowest BCUT2D eigenvalue weighted by Crippen LogP contribution is -2.12. The maximum Gasteiger partial charge on any atom is 0.206 e.